The fraction of sp³-hybridized carbons (Fsp3) is 0.370. The van der Waals surface area contributed by atoms with Gasteiger partial charge in [0.2, 0.25) is 11.0 Å². The van der Waals surface area contributed by atoms with Gasteiger partial charge in [0.05, 0.1) is 50.3 Å². The average molecular weight is 601 g/mol. The Kier molecular flexibility index (Phi) is 11.4. The van der Waals surface area contributed by atoms with E-state index in [1.165, 1.54) is 39.9 Å². The Morgan fingerprint density at radius 2 is 1.64 bits per heavy atom. The molecule has 224 valence electrons. The zero-order valence-corrected chi connectivity index (χ0v) is 25.2. The monoisotopic (exact) mass is 600 g/mol. The van der Waals surface area contributed by atoms with Gasteiger partial charge < -0.3 is 18.9 Å². The lowest BCUT2D eigenvalue weighted by molar-refractivity contribution is -0.480. The number of aryl methyl sites for hydroxylation is 1. The van der Waals surface area contributed by atoms with Crippen LogP contribution in [0.5, 0.6) is 17.2 Å². The standard InChI is InChI=1S/C27H33N7O7S/c1-16(2)41-24(25-29-14-20(38-5)15-30-25)18(4)42(37)33-27(31-23-21(39-6)9-8-10-22(23)40-7)34(36)32-26(35)19-11-17(3)12-28-13-19/h8-16,18,24H,1-7H3,(H-,31,32,33,35,36)/p+1/t18-,24+,42?/m0/s1. The molecule has 0 aliphatic heterocycles. The average Bonchev–Trinajstić information content (AvgIpc) is 2.99. The zero-order valence-electron chi connectivity index (χ0n) is 24.4. The highest BCUT2D eigenvalue weighted by atomic mass is 32.2. The second kappa shape index (κ2) is 14.9. The van der Waals surface area contributed by atoms with Crippen LogP contribution in [-0.4, -0.2) is 68.6 Å². The third kappa shape index (κ3) is 8.27. The molecule has 1 amide bonds. The van der Waals surface area contributed by atoms with Gasteiger partial charge in [-0.1, -0.05) is 11.0 Å². The number of benzene rings is 1. The molecule has 3 aromatic rings. The zero-order chi connectivity index (χ0) is 30.8. The maximum Gasteiger partial charge on any atom is 0.467 e. The summed E-state index contributed by atoms with van der Waals surface area (Å²) < 4.78 is 39.8. The minimum absolute atomic E-state index is 0.0728. The Morgan fingerprint density at radius 3 is 2.19 bits per heavy atom. The Balaban J connectivity index is 2.01. The molecule has 2 aromatic heterocycles. The van der Waals surface area contributed by atoms with Crippen LogP contribution in [0.4, 0.5) is 5.69 Å². The number of guanidine groups is 1. The van der Waals surface area contributed by atoms with E-state index < -0.39 is 34.2 Å². The number of amides is 1. The van der Waals surface area contributed by atoms with Crippen molar-refractivity contribution in [1.29, 1.82) is 0 Å². The molecule has 15 heteroatoms. The van der Waals surface area contributed by atoms with Crippen molar-refractivity contribution in [1.82, 2.24) is 20.4 Å². The summed E-state index contributed by atoms with van der Waals surface area (Å²) in [5, 5.41) is 1.96. The van der Waals surface area contributed by atoms with Crippen LogP contribution in [0.3, 0.4) is 0 Å². The number of pyridine rings is 1. The second-order valence-electron chi connectivity index (χ2n) is 9.13. The van der Waals surface area contributed by atoms with Crippen molar-refractivity contribution in [2.75, 3.05) is 26.6 Å². The van der Waals surface area contributed by atoms with Crippen LogP contribution in [0, 0.1) is 11.8 Å². The molecular weight excluding hydrogens is 566 g/mol. The van der Waals surface area contributed by atoms with Gasteiger partial charge in [0.25, 0.3) is 5.91 Å². The van der Waals surface area contributed by atoms with E-state index in [4.69, 9.17) is 18.9 Å². The number of hydrogen-bond acceptors (Lipinski definition) is 10. The summed E-state index contributed by atoms with van der Waals surface area (Å²) in [7, 11) is 2.23. The molecule has 2 N–H and O–H groups in total. The summed E-state index contributed by atoms with van der Waals surface area (Å²) in [4.78, 5) is 38.8. The number of anilines is 1. The molecule has 1 unspecified atom stereocenters. The maximum absolute atomic E-state index is 13.6. The van der Waals surface area contributed by atoms with Gasteiger partial charge in [0.15, 0.2) is 28.8 Å². The Labute approximate surface area is 246 Å². The fourth-order valence-corrected chi connectivity index (χ4v) is 4.47. The molecular formula is C27H34N7O7S+. The minimum atomic E-state index is -2.12. The van der Waals surface area contributed by atoms with Crippen molar-refractivity contribution < 1.29 is 32.8 Å². The van der Waals surface area contributed by atoms with E-state index in [2.05, 4.69) is 30.1 Å². The number of hydrogen-bond donors (Lipinski definition) is 2. The van der Waals surface area contributed by atoms with E-state index in [1.807, 2.05) is 13.8 Å². The van der Waals surface area contributed by atoms with Crippen molar-refractivity contribution in [2.45, 2.75) is 45.2 Å². The number of carbonyl (C=O) groups excluding carboxylic acids is 1. The number of methoxy groups -OCH3 is 3. The first kappa shape index (κ1) is 32.0. The lowest BCUT2D eigenvalue weighted by Gasteiger charge is -2.22. The summed E-state index contributed by atoms with van der Waals surface area (Å²) in [5.74, 6) is 0.0191. The van der Waals surface area contributed by atoms with Crippen LogP contribution in [-0.2, 0) is 15.7 Å². The summed E-state index contributed by atoms with van der Waals surface area (Å²) in [6.07, 6.45) is 4.67. The number of rotatable bonds is 11. The van der Waals surface area contributed by atoms with E-state index in [-0.39, 0.29) is 28.0 Å². The van der Waals surface area contributed by atoms with E-state index in [0.717, 1.165) is 5.56 Å². The predicted octanol–water partition coefficient (Wildman–Crippen LogP) is 3.32. The smallest absolute Gasteiger partial charge is 0.467 e. The summed E-state index contributed by atoms with van der Waals surface area (Å²) in [5.41, 5.74) is 3.26. The van der Waals surface area contributed by atoms with Crippen LogP contribution < -0.4 is 25.0 Å². The van der Waals surface area contributed by atoms with Crippen LogP contribution in [0.2, 0.25) is 0 Å². The van der Waals surface area contributed by atoms with Crippen molar-refractivity contribution in [3.8, 4) is 17.2 Å². The number of hydrazine groups is 1. The normalized spacial score (nSPS) is 13.6. The summed E-state index contributed by atoms with van der Waals surface area (Å²) >= 11 is 0. The van der Waals surface area contributed by atoms with Crippen LogP contribution >= 0.6 is 0 Å². The van der Waals surface area contributed by atoms with Gasteiger partial charge in [-0.2, -0.15) is 5.43 Å². The fourth-order valence-electron chi connectivity index (χ4n) is 3.61. The first-order valence-corrected chi connectivity index (χ1v) is 13.9. The maximum atomic E-state index is 13.6. The SMILES string of the molecule is COc1cnc([C@H](OC(C)C)[C@H](C)S(=O)N=C(Nc2c(OC)cccc2OC)[N+](=O)NC(=O)c2cncc(C)c2)nc1. The molecule has 1 aromatic carbocycles. The van der Waals surface area contributed by atoms with Crippen LogP contribution in [0.15, 0.2) is 53.5 Å². The van der Waals surface area contributed by atoms with E-state index in [1.54, 1.807) is 44.3 Å². The number of nitrogens with one attached hydrogen (secondary N) is 2. The predicted molar refractivity (Wildman–Crippen MR) is 156 cm³/mol. The number of aromatic nitrogens is 3. The number of ether oxygens (including phenoxy) is 4. The molecule has 0 aliphatic carbocycles. The highest BCUT2D eigenvalue weighted by Gasteiger charge is 2.34. The van der Waals surface area contributed by atoms with E-state index in [9.17, 15) is 13.9 Å². The number of para-hydroxylation sites is 1. The van der Waals surface area contributed by atoms with Crippen LogP contribution in [0.1, 0.15) is 48.6 Å². The molecule has 42 heavy (non-hydrogen) atoms. The largest absolute Gasteiger partial charge is 0.494 e. The topological polar surface area (TPSA) is 166 Å². The lowest BCUT2D eigenvalue weighted by atomic mass is 10.2. The molecule has 0 radical (unpaired) electrons. The molecule has 0 bridgehead atoms. The van der Waals surface area contributed by atoms with Crippen molar-refractivity contribution in [3.05, 3.63) is 70.9 Å². The third-order valence-electron chi connectivity index (χ3n) is 5.68. The first-order valence-electron chi connectivity index (χ1n) is 12.8. The van der Waals surface area contributed by atoms with Gasteiger partial charge in [-0.15, -0.1) is 0 Å². The molecule has 2 heterocycles. The first-order chi connectivity index (χ1) is 20.1. The molecule has 14 nitrogen and oxygen atoms in total. The van der Waals surface area contributed by atoms with E-state index in [0.29, 0.717) is 17.2 Å². The van der Waals surface area contributed by atoms with Gasteiger partial charge in [-0.05, 0) is 51.5 Å². The molecule has 3 rings (SSSR count). The number of nitrogens with zero attached hydrogens (tertiary/aromatic N) is 5. The minimum Gasteiger partial charge on any atom is -0.494 e. The molecule has 0 saturated carbocycles. The van der Waals surface area contributed by atoms with Crippen molar-refractivity contribution >= 4 is 28.5 Å². The van der Waals surface area contributed by atoms with Gasteiger partial charge in [0.1, 0.15) is 11.4 Å². The molecule has 3 atom stereocenters. The quantitative estimate of drug-likeness (QED) is 0.143. The van der Waals surface area contributed by atoms with Gasteiger partial charge >= 0.3 is 5.96 Å². The van der Waals surface area contributed by atoms with Crippen molar-refractivity contribution in [2.24, 2.45) is 4.40 Å². The van der Waals surface area contributed by atoms with Gasteiger partial charge in [-0.25, -0.2) is 19.5 Å². The van der Waals surface area contributed by atoms with Gasteiger partial charge in [-0.3, -0.25) is 9.78 Å². The molecule has 0 saturated heterocycles. The third-order valence-corrected chi connectivity index (χ3v) is 6.91. The Hall–Kier alpha value is -4.50. The summed E-state index contributed by atoms with van der Waals surface area (Å²) in [6, 6.07) is 6.50. The molecule has 0 aliphatic rings. The Bertz CT molecular complexity index is 1430. The van der Waals surface area contributed by atoms with Crippen LogP contribution in [0.25, 0.3) is 0 Å². The number of carbonyl (C=O) groups is 1. The highest BCUT2D eigenvalue weighted by molar-refractivity contribution is 7.84. The second-order valence-corrected chi connectivity index (χ2v) is 10.6. The van der Waals surface area contributed by atoms with E-state index >= 15 is 0 Å². The summed E-state index contributed by atoms with van der Waals surface area (Å²) in [6.45, 7) is 7.00. The van der Waals surface area contributed by atoms with Gasteiger partial charge in [0, 0.05) is 16.8 Å². The number of nitroso groups, excluding NO2 is 1. The Morgan fingerprint density at radius 1 is 1.00 bits per heavy atom. The van der Waals surface area contributed by atoms with Crippen molar-refractivity contribution in [3.63, 3.8) is 0 Å². The molecule has 0 fully saturated rings. The lowest BCUT2D eigenvalue weighted by Crippen LogP contribution is -2.41. The molecule has 0 spiro atoms. The highest BCUT2D eigenvalue weighted by Crippen LogP contribution is 2.34.